The topological polar surface area (TPSA) is 89.5 Å². The van der Waals surface area contributed by atoms with E-state index in [0.717, 1.165) is 4.21 Å². The number of hydrogen-bond donors (Lipinski definition) is 2. The molecule has 1 aromatic heterocycles. The molecule has 0 bridgehead atoms. The third-order valence-corrected chi connectivity index (χ3v) is 5.50. The molecule has 1 heterocycles. The first-order chi connectivity index (χ1) is 13.6. The molecule has 0 aliphatic carbocycles. The van der Waals surface area contributed by atoms with Crippen molar-refractivity contribution in [1.29, 1.82) is 0 Å². The van der Waals surface area contributed by atoms with E-state index < -0.39 is 11.8 Å². The molecule has 2 amide bonds. The van der Waals surface area contributed by atoms with Crippen LogP contribution in [0.3, 0.4) is 0 Å². The average molecular weight is 415 g/mol. The number of rotatable bonds is 6. The van der Waals surface area contributed by atoms with Crippen molar-refractivity contribution in [2.75, 3.05) is 24.0 Å². The summed E-state index contributed by atoms with van der Waals surface area (Å²) in [5.41, 5.74) is 0.359. The SMILES string of the molecule is COc1ccccc1Oc1ccccc1NC(=O)C(=O)Nc1ncc(SC)s1. The zero-order chi connectivity index (χ0) is 19.9. The number of benzene rings is 2. The molecule has 7 nitrogen and oxygen atoms in total. The maximum atomic E-state index is 12.3. The summed E-state index contributed by atoms with van der Waals surface area (Å²) in [6.45, 7) is 0. The van der Waals surface area contributed by atoms with Gasteiger partial charge in [-0.3, -0.25) is 14.9 Å². The lowest BCUT2D eigenvalue weighted by atomic mass is 10.2. The Morgan fingerprint density at radius 2 is 1.61 bits per heavy atom. The summed E-state index contributed by atoms with van der Waals surface area (Å²) < 4.78 is 12.1. The lowest BCUT2D eigenvalue weighted by molar-refractivity contribution is -0.133. The van der Waals surface area contributed by atoms with E-state index in [2.05, 4.69) is 15.6 Å². The Morgan fingerprint density at radius 3 is 2.29 bits per heavy atom. The average Bonchev–Trinajstić information content (AvgIpc) is 3.17. The van der Waals surface area contributed by atoms with Gasteiger partial charge < -0.3 is 14.8 Å². The molecule has 9 heteroatoms. The number of amides is 2. The maximum absolute atomic E-state index is 12.3. The molecule has 144 valence electrons. The van der Waals surface area contributed by atoms with E-state index in [-0.39, 0.29) is 0 Å². The summed E-state index contributed by atoms with van der Waals surface area (Å²) in [5, 5.41) is 5.41. The molecule has 0 radical (unpaired) electrons. The number of aromatic nitrogens is 1. The number of carbonyl (C=O) groups is 2. The molecule has 0 atom stereocenters. The highest BCUT2D eigenvalue weighted by Gasteiger charge is 2.18. The van der Waals surface area contributed by atoms with Crippen LogP contribution in [0, 0.1) is 0 Å². The molecule has 0 fully saturated rings. The van der Waals surface area contributed by atoms with Gasteiger partial charge in [-0.2, -0.15) is 0 Å². The van der Waals surface area contributed by atoms with Gasteiger partial charge in [0.2, 0.25) is 0 Å². The molecule has 2 aromatic carbocycles. The number of para-hydroxylation sites is 4. The fraction of sp³-hybridized carbons (Fsp3) is 0.105. The van der Waals surface area contributed by atoms with E-state index in [0.29, 0.717) is 28.1 Å². The van der Waals surface area contributed by atoms with E-state index in [1.54, 1.807) is 49.7 Å². The maximum Gasteiger partial charge on any atom is 0.315 e. The number of hydrogen-bond acceptors (Lipinski definition) is 7. The van der Waals surface area contributed by atoms with Crippen LogP contribution in [0.4, 0.5) is 10.8 Å². The van der Waals surface area contributed by atoms with E-state index in [9.17, 15) is 9.59 Å². The molecule has 0 saturated carbocycles. The second-order valence-corrected chi connectivity index (χ2v) is 7.48. The normalized spacial score (nSPS) is 10.2. The first-order valence-electron chi connectivity index (χ1n) is 8.12. The van der Waals surface area contributed by atoms with Gasteiger partial charge in [0.1, 0.15) is 0 Å². The molecule has 0 saturated heterocycles. The van der Waals surface area contributed by atoms with Crippen LogP contribution >= 0.6 is 23.1 Å². The summed E-state index contributed by atoms with van der Waals surface area (Å²) in [6, 6.07) is 14.0. The fourth-order valence-corrected chi connectivity index (χ4v) is 3.50. The molecule has 3 rings (SSSR count). The van der Waals surface area contributed by atoms with Crippen LogP contribution in [0.25, 0.3) is 0 Å². The first kappa shape index (κ1) is 19.7. The van der Waals surface area contributed by atoms with Crippen LogP contribution in [0.5, 0.6) is 17.2 Å². The zero-order valence-electron chi connectivity index (χ0n) is 15.1. The predicted molar refractivity (Wildman–Crippen MR) is 111 cm³/mol. The zero-order valence-corrected chi connectivity index (χ0v) is 16.7. The summed E-state index contributed by atoms with van der Waals surface area (Å²) in [4.78, 5) is 28.5. The predicted octanol–water partition coefficient (Wildman–Crippen LogP) is 4.24. The molecular weight excluding hydrogens is 398 g/mol. The Balaban J connectivity index is 1.71. The molecule has 28 heavy (non-hydrogen) atoms. The Kier molecular flexibility index (Phi) is 6.51. The van der Waals surface area contributed by atoms with E-state index >= 15 is 0 Å². The fourth-order valence-electron chi connectivity index (χ4n) is 2.22. The number of anilines is 2. The van der Waals surface area contributed by atoms with E-state index in [4.69, 9.17) is 9.47 Å². The quantitative estimate of drug-likeness (QED) is 0.462. The van der Waals surface area contributed by atoms with Gasteiger partial charge >= 0.3 is 11.8 Å². The smallest absolute Gasteiger partial charge is 0.315 e. The number of ether oxygens (including phenoxy) is 2. The Labute approximate surface area is 170 Å². The Hall–Kier alpha value is -3.04. The van der Waals surface area contributed by atoms with Gasteiger partial charge in [0.15, 0.2) is 22.4 Å². The minimum Gasteiger partial charge on any atom is -0.493 e. The highest BCUT2D eigenvalue weighted by atomic mass is 32.2. The third kappa shape index (κ3) is 4.81. The number of methoxy groups -OCH3 is 1. The van der Waals surface area contributed by atoms with Gasteiger partial charge in [-0.05, 0) is 30.5 Å². The Bertz CT molecular complexity index is 991. The summed E-state index contributed by atoms with van der Waals surface area (Å²) in [7, 11) is 1.54. The highest BCUT2D eigenvalue weighted by molar-refractivity contribution is 8.00. The summed E-state index contributed by atoms with van der Waals surface area (Å²) >= 11 is 2.81. The number of thioether (sulfide) groups is 1. The Morgan fingerprint density at radius 1 is 0.964 bits per heavy atom. The highest BCUT2D eigenvalue weighted by Crippen LogP contribution is 2.34. The second-order valence-electron chi connectivity index (χ2n) is 5.35. The molecule has 0 unspecified atom stereocenters. The van der Waals surface area contributed by atoms with Crippen molar-refractivity contribution in [3.63, 3.8) is 0 Å². The van der Waals surface area contributed by atoms with Gasteiger partial charge in [0.05, 0.1) is 23.2 Å². The van der Waals surface area contributed by atoms with Crippen LogP contribution in [-0.2, 0) is 9.59 Å². The number of thiazole rings is 1. The van der Waals surface area contributed by atoms with Crippen LogP contribution in [0.2, 0.25) is 0 Å². The van der Waals surface area contributed by atoms with E-state index in [1.807, 2.05) is 18.4 Å². The van der Waals surface area contributed by atoms with Crippen molar-refractivity contribution >= 4 is 45.7 Å². The molecule has 3 aromatic rings. The molecule has 2 N–H and O–H groups in total. The molecule has 0 aliphatic heterocycles. The van der Waals surface area contributed by atoms with Gasteiger partial charge in [-0.25, -0.2) is 4.98 Å². The van der Waals surface area contributed by atoms with Crippen LogP contribution in [-0.4, -0.2) is 30.2 Å². The summed E-state index contributed by atoms with van der Waals surface area (Å²) in [6.07, 6.45) is 3.55. The minimum absolute atomic E-state index is 0.359. The van der Waals surface area contributed by atoms with Crippen molar-refractivity contribution in [2.24, 2.45) is 0 Å². The lowest BCUT2D eigenvalue weighted by Gasteiger charge is -2.13. The molecule has 0 aliphatic rings. The third-order valence-electron chi connectivity index (χ3n) is 3.54. The van der Waals surface area contributed by atoms with Gasteiger partial charge in [0.25, 0.3) is 0 Å². The number of nitrogens with one attached hydrogen (secondary N) is 2. The largest absolute Gasteiger partial charge is 0.493 e. The lowest BCUT2D eigenvalue weighted by Crippen LogP contribution is -2.29. The second kappa shape index (κ2) is 9.25. The van der Waals surface area contributed by atoms with Crippen molar-refractivity contribution in [1.82, 2.24) is 4.98 Å². The number of nitrogens with zero attached hydrogens (tertiary/aromatic N) is 1. The van der Waals surface area contributed by atoms with Crippen molar-refractivity contribution < 1.29 is 19.1 Å². The van der Waals surface area contributed by atoms with Crippen molar-refractivity contribution in [3.8, 4) is 17.2 Å². The van der Waals surface area contributed by atoms with Gasteiger partial charge in [-0.1, -0.05) is 35.6 Å². The van der Waals surface area contributed by atoms with Gasteiger partial charge in [0, 0.05) is 0 Å². The van der Waals surface area contributed by atoms with Gasteiger partial charge in [-0.15, -0.1) is 11.8 Å². The number of carbonyl (C=O) groups excluding carboxylic acids is 2. The molecule has 0 spiro atoms. The first-order valence-corrected chi connectivity index (χ1v) is 10.2. The summed E-state index contributed by atoms with van der Waals surface area (Å²) in [5.74, 6) is -0.212. The van der Waals surface area contributed by atoms with Crippen LogP contribution in [0.15, 0.2) is 58.9 Å². The van der Waals surface area contributed by atoms with E-state index in [1.165, 1.54) is 23.1 Å². The molecular formula is C19H17N3O4S2. The van der Waals surface area contributed by atoms with Crippen molar-refractivity contribution in [2.45, 2.75) is 4.21 Å². The minimum atomic E-state index is -0.822. The van der Waals surface area contributed by atoms with Crippen LogP contribution < -0.4 is 20.1 Å². The standard InChI is InChI=1S/C19H17N3O4S2/c1-25-14-9-5-6-10-15(14)26-13-8-4-3-7-12(13)21-17(23)18(24)22-19-20-11-16(27-2)28-19/h3-11H,1-2H3,(H,21,23)(H,20,22,24). The van der Waals surface area contributed by atoms with Crippen molar-refractivity contribution in [3.05, 3.63) is 54.7 Å². The van der Waals surface area contributed by atoms with Crippen LogP contribution in [0.1, 0.15) is 0 Å². The monoisotopic (exact) mass is 415 g/mol.